The van der Waals surface area contributed by atoms with Crippen LogP contribution in [0.3, 0.4) is 0 Å². The minimum Gasteiger partial charge on any atom is -0.493 e. The van der Waals surface area contributed by atoms with Gasteiger partial charge in [0.1, 0.15) is 0 Å². The molecular formula is C16H13NO6. The van der Waals surface area contributed by atoms with E-state index in [9.17, 15) is 19.7 Å². The number of methoxy groups -OCH3 is 1. The molecule has 0 atom stereocenters. The van der Waals surface area contributed by atoms with Gasteiger partial charge in [-0.25, -0.2) is 4.79 Å². The predicted octanol–water partition coefficient (Wildman–Crippen LogP) is 3.03. The number of hydrogen-bond acceptors (Lipinski definition) is 6. The van der Waals surface area contributed by atoms with E-state index in [1.807, 2.05) is 0 Å². The molecule has 7 nitrogen and oxygen atoms in total. The van der Waals surface area contributed by atoms with Crippen LogP contribution < -0.4 is 9.47 Å². The van der Waals surface area contributed by atoms with E-state index in [1.165, 1.54) is 50.4 Å². The van der Waals surface area contributed by atoms with Crippen molar-refractivity contribution in [3.05, 3.63) is 63.7 Å². The van der Waals surface area contributed by atoms with Gasteiger partial charge in [-0.1, -0.05) is 6.07 Å². The van der Waals surface area contributed by atoms with Crippen molar-refractivity contribution in [1.29, 1.82) is 0 Å². The third-order valence-electron chi connectivity index (χ3n) is 3.07. The van der Waals surface area contributed by atoms with Gasteiger partial charge in [0, 0.05) is 17.7 Å². The molecule has 0 aliphatic heterocycles. The average Bonchev–Trinajstić information content (AvgIpc) is 2.55. The Morgan fingerprint density at radius 1 is 1.04 bits per heavy atom. The largest absolute Gasteiger partial charge is 0.493 e. The summed E-state index contributed by atoms with van der Waals surface area (Å²) in [6.45, 7) is 1.41. The molecule has 0 saturated heterocycles. The highest BCUT2D eigenvalue weighted by Crippen LogP contribution is 2.29. The maximum atomic E-state index is 12.1. The molecule has 2 rings (SSSR count). The Morgan fingerprint density at radius 3 is 2.39 bits per heavy atom. The molecule has 2 aromatic carbocycles. The standard InChI is InChI=1S/C16H13NO6/c1-10(18)11-6-7-14(15(9-11)22-2)23-16(19)12-4-3-5-13(8-12)17(20)21/h3-9H,1-2H3. The lowest BCUT2D eigenvalue weighted by Crippen LogP contribution is -2.10. The minimum absolute atomic E-state index is 0.0388. The summed E-state index contributed by atoms with van der Waals surface area (Å²) in [7, 11) is 1.38. The molecule has 0 spiro atoms. The van der Waals surface area contributed by atoms with Gasteiger partial charge in [0.15, 0.2) is 17.3 Å². The van der Waals surface area contributed by atoms with Gasteiger partial charge >= 0.3 is 5.97 Å². The molecule has 0 unspecified atom stereocenters. The van der Waals surface area contributed by atoms with Crippen LogP contribution in [0.2, 0.25) is 0 Å². The minimum atomic E-state index is -0.762. The zero-order chi connectivity index (χ0) is 17.0. The molecular weight excluding hydrogens is 302 g/mol. The van der Waals surface area contributed by atoms with Gasteiger partial charge in [-0.2, -0.15) is 0 Å². The molecule has 0 aliphatic carbocycles. The van der Waals surface area contributed by atoms with Crippen molar-refractivity contribution in [3.8, 4) is 11.5 Å². The second kappa shape index (κ2) is 6.69. The van der Waals surface area contributed by atoms with Crippen molar-refractivity contribution in [2.24, 2.45) is 0 Å². The molecule has 23 heavy (non-hydrogen) atoms. The number of carbonyl (C=O) groups is 2. The van der Waals surface area contributed by atoms with Crippen LogP contribution in [0.25, 0.3) is 0 Å². The highest BCUT2D eigenvalue weighted by atomic mass is 16.6. The first-order valence-electron chi connectivity index (χ1n) is 6.58. The number of nitro benzene ring substituents is 1. The Balaban J connectivity index is 2.28. The fourth-order valence-electron chi connectivity index (χ4n) is 1.88. The molecule has 2 aromatic rings. The summed E-state index contributed by atoms with van der Waals surface area (Å²) < 4.78 is 10.3. The first-order chi connectivity index (χ1) is 10.9. The van der Waals surface area contributed by atoms with E-state index in [-0.39, 0.29) is 28.5 Å². The van der Waals surface area contributed by atoms with Gasteiger partial charge in [-0.05, 0) is 31.2 Å². The summed E-state index contributed by atoms with van der Waals surface area (Å²) in [6, 6.07) is 9.60. The summed E-state index contributed by atoms with van der Waals surface area (Å²) in [5.74, 6) is -0.576. The van der Waals surface area contributed by atoms with Crippen molar-refractivity contribution in [2.45, 2.75) is 6.92 Å². The van der Waals surface area contributed by atoms with E-state index in [0.717, 1.165) is 6.07 Å². The zero-order valence-corrected chi connectivity index (χ0v) is 12.4. The van der Waals surface area contributed by atoms with Crippen LogP contribution in [-0.2, 0) is 0 Å². The van der Waals surface area contributed by atoms with Gasteiger partial charge in [-0.15, -0.1) is 0 Å². The number of nitrogens with zero attached hydrogens (tertiary/aromatic N) is 1. The quantitative estimate of drug-likeness (QED) is 0.277. The summed E-state index contributed by atoms with van der Waals surface area (Å²) in [5, 5.41) is 10.7. The van der Waals surface area contributed by atoms with Crippen LogP contribution in [-0.4, -0.2) is 23.8 Å². The Kier molecular flexibility index (Phi) is 4.70. The SMILES string of the molecule is COc1cc(C(C)=O)ccc1OC(=O)c1cccc([N+](=O)[O-])c1. The first-order valence-corrected chi connectivity index (χ1v) is 6.58. The second-order valence-corrected chi connectivity index (χ2v) is 4.62. The van der Waals surface area contributed by atoms with E-state index >= 15 is 0 Å². The number of benzene rings is 2. The Labute approximate surface area is 131 Å². The van der Waals surface area contributed by atoms with Gasteiger partial charge < -0.3 is 9.47 Å². The number of non-ortho nitro benzene ring substituents is 1. The predicted molar refractivity (Wildman–Crippen MR) is 81.1 cm³/mol. The fraction of sp³-hybridized carbons (Fsp3) is 0.125. The fourth-order valence-corrected chi connectivity index (χ4v) is 1.88. The van der Waals surface area contributed by atoms with E-state index in [4.69, 9.17) is 9.47 Å². The van der Waals surface area contributed by atoms with Crippen molar-refractivity contribution in [1.82, 2.24) is 0 Å². The number of ketones is 1. The lowest BCUT2D eigenvalue weighted by molar-refractivity contribution is -0.384. The van der Waals surface area contributed by atoms with Crippen molar-refractivity contribution >= 4 is 17.4 Å². The summed E-state index contributed by atoms with van der Waals surface area (Å²) in [4.78, 5) is 33.6. The molecule has 0 fully saturated rings. The Hall–Kier alpha value is -3.22. The molecule has 0 aromatic heterocycles. The summed E-state index contributed by atoms with van der Waals surface area (Å²) in [6.07, 6.45) is 0. The van der Waals surface area contributed by atoms with Gasteiger partial charge in [-0.3, -0.25) is 14.9 Å². The molecule has 0 amide bonds. The number of rotatable bonds is 5. The Morgan fingerprint density at radius 2 is 1.78 bits per heavy atom. The number of ether oxygens (including phenoxy) is 2. The Bertz CT molecular complexity index is 784. The summed E-state index contributed by atoms with van der Waals surface area (Å²) >= 11 is 0. The molecule has 0 bridgehead atoms. The third-order valence-corrected chi connectivity index (χ3v) is 3.07. The maximum absolute atomic E-state index is 12.1. The van der Waals surface area contributed by atoms with Crippen molar-refractivity contribution in [2.75, 3.05) is 7.11 Å². The van der Waals surface area contributed by atoms with Crippen LogP contribution in [0, 0.1) is 10.1 Å². The van der Waals surface area contributed by atoms with Crippen molar-refractivity contribution < 1.29 is 24.0 Å². The molecule has 118 valence electrons. The van der Waals surface area contributed by atoms with Crippen LogP contribution in [0.4, 0.5) is 5.69 Å². The lowest BCUT2D eigenvalue weighted by atomic mass is 10.1. The number of hydrogen-bond donors (Lipinski definition) is 0. The van der Waals surface area contributed by atoms with E-state index in [1.54, 1.807) is 0 Å². The van der Waals surface area contributed by atoms with Gasteiger partial charge in [0.05, 0.1) is 17.6 Å². The zero-order valence-electron chi connectivity index (χ0n) is 12.4. The monoisotopic (exact) mass is 315 g/mol. The highest BCUT2D eigenvalue weighted by molar-refractivity contribution is 5.95. The smallest absolute Gasteiger partial charge is 0.343 e. The number of esters is 1. The lowest BCUT2D eigenvalue weighted by Gasteiger charge is -2.10. The molecule has 0 N–H and O–H groups in total. The van der Waals surface area contributed by atoms with Crippen LogP contribution in [0.15, 0.2) is 42.5 Å². The van der Waals surface area contributed by atoms with Crippen molar-refractivity contribution in [3.63, 3.8) is 0 Å². The topological polar surface area (TPSA) is 95.7 Å². The molecule has 0 heterocycles. The van der Waals surface area contributed by atoms with E-state index < -0.39 is 10.9 Å². The molecule has 0 radical (unpaired) electrons. The normalized spacial score (nSPS) is 10.0. The van der Waals surface area contributed by atoms with Crippen LogP contribution in [0.5, 0.6) is 11.5 Å². The van der Waals surface area contributed by atoms with Crippen LogP contribution in [0.1, 0.15) is 27.6 Å². The number of nitro groups is 1. The molecule has 0 saturated carbocycles. The van der Waals surface area contributed by atoms with Gasteiger partial charge in [0.25, 0.3) is 5.69 Å². The first kappa shape index (κ1) is 16.2. The average molecular weight is 315 g/mol. The highest BCUT2D eigenvalue weighted by Gasteiger charge is 2.16. The summed E-state index contributed by atoms with van der Waals surface area (Å²) in [5.41, 5.74) is 0.243. The third kappa shape index (κ3) is 3.70. The maximum Gasteiger partial charge on any atom is 0.343 e. The van der Waals surface area contributed by atoms with E-state index in [0.29, 0.717) is 5.56 Å². The van der Waals surface area contributed by atoms with E-state index in [2.05, 4.69) is 0 Å². The number of carbonyl (C=O) groups excluding carboxylic acids is 2. The van der Waals surface area contributed by atoms with Crippen LogP contribution >= 0.6 is 0 Å². The number of Topliss-reactive ketones (excluding diaryl/α,β-unsaturated/α-hetero) is 1. The van der Waals surface area contributed by atoms with Gasteiger partial charge in [0.2, 0.25) is 0 Å². The second-order valence-electron chi connectivity index (χ2n) is 4.62. The molecule has 7 heteroatoms. The molecule has 0 aliphatic rings.